The van der Waals surface area contributed by atoms with Gasteiger partial charge in [-0.05, 0) is 38.4 Å². The van der Waals surface area contributed by atoms with E-state index >= 15 is 0 Å². The average Bonchev–Trinajstić information content (AvgIpc) is 2.51. The summed E-state index contributed by atoms with van der Waals surface area (Å²) in [5.41, 5.74) is 2.26. The molecule has 0 aromatic carbocycles. The first-order valence-electron chi connectivity index (χ1n) is 8.09. The second kappa shape index (κ2) is 10.7. The van der Waals surface area contributed by atoms with Crippen molar-refractivity contribution in [3.8, 4) is 0 Å². The summed E-state index contributed by atoms with van der Waals surface area (Å²) in [7, 11) is 1.76. The van der Waals surface area contributed by atoms with Crippen molar-refractivity contribution >= 4 is 0 Å². The van der Waals surface area contributed by atoms with E-state index in [1.54, 1.807) is 7.11 Å². The molecule has 1 N–H and O–H groups in total. The van der Waals surface area contributed by atoms with Crippen molar-refractivity contribution < 1.29 is 4.74 Å². The zero-order chi connectivity index (χ0) is 15.5. The van der Waals surface area contributed by atoms with Gasteiger partial charge in [-0.15, -0.1) is 0 Å². The van der Waals surface area contributed by atoms with Crippen LogP contribution in [0.1, 0.15) is 45.0 Å². The molecule has 1 heterocycles. The van der Waals surface area contributed by atoms with Crippen molar-refractivity contribution in [2.45, 2.75) is 52.7 Å². The van der Waals surface area contributed by atoms with Crippen LogP contribution >= 0.6 is 0 Å². The smallest absolute Gasteiger partial charge is 0.0589 e. The monoisotopic (exact) mass is 293 g/mol. The van der Waals surface area contributed by atoms with E-state index in [1.165, 1.54) is 0 Å². The summed E-state index contributed by atoms with van der Waals surface area (Å²) in [6.45, 7) is 11.2. The third-order valence-electron chi connectivity index (χ3n) is 3.76. The molecule has 0 spiro atoms. The quantitative estimate of drug-likeness (QED) is 0.637. The molecule has 0 saturated heterocycles. The highest BCUT2D eigenvalue weighted by Gasteiger charge is 2.13. The molecule has 0 amide bonds. The van der Waals surface area contributed by atoms with Crippen LogP contribution < -0.4 is 5.32 Å². The number of aromatic nitrogens is 1. The summed E-state index contributed by atoms with van der Waals surface area (Å²) in [6, 6.07) is 6.86. The van der Waals surface area contributed by atoms with Crippen LogP contribution in [0.4, 0.5) is 0 Å². The van der Waals surface area contributed by atoms with Gasteiger partial charge in [0.15, 0.2) is 0 Å². The lowest BCUT2D eigenvalue weighted by atomic mass is 10.2. The fraction of sp³-hybridized carbons (Fsp3) is 0.706. The Balaban J connectivity index is 2.62. The zero-order valence-corrected chi connectivity index (χ0v) is 14.1. The van der Waals surface area contributed by atoms with Crippen molar-refractivity contribution in [1.29, 1.82) is 0 Å². The van der Waals surface area contributed by atoms with Gasteiger partial charge in [0.25, 0.3) is 0 Å². The molecule has 0 aliphatic heterocycles. The number of rotatable bonds is 11. The largest absolute Gasteiger partial charge is 0.383 e. The molecule has 120 valence electrons. The lowest BCUT2D eigenvalue weighted by molar-refractivity contribution is 0.117. The number of nitrogens with one attached hydrogen (secondary N) is 1. The van der Waals surface area contributed by atoms with Crippen molar-refractivity contribution in [2.24, 2.45) is 0 Å². The maximum absolute atomic E-state index is 5.22. The van der Waals surface area contributed by atoms with Gasteiger partial charge < -0.3 is 10.1 Å². The summed E-state index contributed by atoms with van der Waals surface area (Å²) in [6.07, 6.45) is 2.29. The van der Waals surface area contributed by atoms with E-state index in [-0.39, 0.29) is 0 Å². The van der Waals surface area contributed by atoms with Gasteiger partial charge in [0.05, 0.1) is 18.0 Å². The van der Waals surface area contributed by atoms with Gasteiger partial charge in [-0.1, -0.05) is 19.9 Å². The number of ether oxygens (including phenoxy) is 1. The van der Waals surface area contributed by atoms with Crippen LogP contribution in [0.3, 0.4) is 0 Å². The molecule has 1 aromatic rings. The molecule has 1 rings (SSSR count). The molecular formula is C17H31N3O. The van der Waals surface area contributed by atoms with Gasteiger partial charge in [0, 0.05) is 32.8 Å². The van der Waals surface area contributed by atoms with Crippen LogP contribution in [-0.4, -0.2) is 42.7 Å². The van der Waals surface area contributed by atoms with Crippen LogP contribution in [0, 0.1) is 0 Å². The Morgan fingerprint density at radius 1 is 1.29 bits per heavy atom. The molecule has 21 heavy (non-hydrogen) atoms. The topological polar surface area (TPSA) is 37.4 Å². The van der Waals surface area contributed by atoms with Gasteiger partial charge in [0.2, 0.25) is 0 Å². The minimum atomic E-state index is 0.545. The van der Waals surface area contributed by atoms with Gasteiger partial charge in [-0.2, -0.15) is 0 Å². The predicted octanol–water partition coefficient (Wildman–Crippen LogP) is 2.83. The minimum absolute atomic E-state index is 0.545. The molecule has 0 bridgehead atoms. The van der Waals surface area contributed by atoms with Crippen molar-refractivity contribution in [3.63, 3.8) is 0 Å². The standard InChI is InChI=1S/C17H31N3O/c1-5-10-18-13-16-8-7-9-17(19-16)14-20(11-12-21-4)15(3)6-2/h7-9,15,18H,5-6,10-14H2,1-4H3. The van der Waals surface area contributed by atoms with Gasteiger partial charge in [-0.3, -0.25) is 9.88 Å². The number of nitrogens with zero attached hydrogens (tertiary/aromatic N) is 2. The second-order valence-electron chi connectivity index (χ2n) is 5.52. The van der Waals surface area contributed by atoms with Gasteiger partial charge in [0.1, 0.15) is 0 Å². The maximum atomic E-state index is 5.22. The first-order valence-corrected chi connectivity index (χ1v) is 8.09. The Morgan fingerprint density at radius 2 is 2.05 bits per heavy atom. The highest BCUT2D eigenvalue weighted by Crippen LogP contribution is 2.09. The van der Waals surface area contributed by atoms with E-state index < -0.39 is 0 Å². The molecule has 0 aliphatic rings. The van der Waals surface area contributed by atoms with Gasteiger partial charge >= 0.3 is 0 Å². The number of methoxy groups -OCH3 is 1. The zero-order valence-electron chi connectivity index (χ0n) is 14.1. The molecule has 0 radical (unpaired) electrons. The Labute approximate surface area is 129 Å². The Hall–Kier alpha value is -0.970. The third kappa shape index (κ3) is 7.02. The fourth-order valence-corrected chi connectivity index (χ4v) is 2.24. The number of pyridine rings is 1. The van der Waals surface area contributed by atoms with Crippen LogP contribution in [0.25, 0.3) is 0 Å². The Bertz CT molecular complexity index is 384. The summed E-state index contributed by atoms with van der Waals surface area (Å²) >= 11 is 0. The molecule has 0 fully saturated rings. The molecule has 0 saturated carbocycles. The SMILES string of the molecule is CCCNCc1cccc(CN(CCOC)C(C)CC)n1. The number of hydrogen-bond donors (Lipinski definition) is 1. The fourth-order valence-electron chi connectivity index (χ4n) is 2.24. The lowest BCUT2D eigenvalue weighted by Gasteiger charge is -2.27. The van der Waals surface area contributed by atoms with Crippen LogP contribution in [0.2, 0.25) is 0 Å². The summed E-state index contributed by atoms with van der Waals surface area (Å²) in [5.74, 6) is 0. The van der Waals surface area contributed by atoms with E-state index in [4.69, 9.17) is 9.72 Å². The first kappa shape index (κ1) is 18.1. The maximum Gasteiger partial charge on any atom is 0.0589 e. The Kier molecular flexibility index (Phi) is 9.22. The van der Waals surface area contributed by atoms with E-state index in [0.717, 1.165) is 57.0 Å². The molecule has 4 nitrogen and oxygen atoms in total. The highest BCUT2D eigenvalue weighted by molar-refractivity contribution is 5.11. The summed E-state index contributed by atoms with van der Waals surface area (Å²) in [4.78, 5) is 7.20. The molecule has 0 aliphatic carbocycles. The van der Waals surface area contributed by atoms with E-state index in [1.807, 2.05) is 0 Å². The number of hydrogen-bond acceptors (Lipinski definition) is 4. The lowest BCUT2D eigenvalue weighted by Crippen LogP contribution is -2.35. The first-order chi connectivity index (χ1) is 10.2. The molecule has 4 heteroatoms. The van der Waals surface area contributed by atoms with E-state index in [9.17, 15) is 0 Å². The van der Waals surface area contributed by atoms with E-state index in [0.29, 0.717) is 6.04 Å². The van der Waals surface area contributed by atoms with Crippen LogP contribution in [0.5, 0.6) is 0 Å². The van der Waals surface area contributed by atoms with E-state index in [2.05, 4.69) is 49.2 Å². The Morgan fingerprint density at radius 3 is 2.71 bits per heavy atom. The molecule has 1 atom stereocenters. The highest BCUT2D eigenvalue weighted by atomic mass is 16.5. The summed E-state index contributed by atoms with van der Waals surface area (Å²) in [5, 5.41) is 3.40. The van der Waals surface area contributed by atoms with Crippen molar-refractivity contribution in [2.75, 3.05) is 26.8 Å². The predicted molar refractivity (Wildman–Crippen MR) is 88.3 cm³/mol. The second-order valence-corrected chi connectivity index (χ2v) is 5.52. The van der Waals surface area contributed by atoms with Gasteiger partial charge in [-0.25, -0.2) is 0 Å². The van der Waals surface area contributed by atoms with Crippen molar-refractivity contribution in [3.05, 3.63) is 29.6 Å². The average molecular weight is 293 g/mol. The van der Waals surface area contributed by atoms with Crippen LogP contribution in [-0.2, 0) is 17.8 Å². The normalized spacial score (nSPS) is 12.8. The van der Waals surface area contributed by atoms with Crippen LogP contribution in [0.15, 0.2) is 18.2 Å². The molecular weight excluding hydrogens is 262 g/mol. The summed E-state index contributed by atoms with van der Waals surface area (Å²) < 4.78 is 5.22. The minimum Gasteiger partial charge on any atom is -0.383 e. The van der Waals surface area contributed by atoms with Crippen molar-refractivity contribution in [1.82, 2.24) is 15.2 Å². The third-order valence-corrected chi connectivity index (χ3v) is 3.76. The molecule has 1 unspecified atom stereocenters. The molecule has 1 aromatic heterocycles.